The first-order valence-corrected chi connectivity index (χ1v) is 7.47. The monoisotopic (exact) mass is 303 g/mol. The van der Waals surface area contributed by atoms with E-state index in [1.165, 1.54) is 6.07 Å². The third kappa shape index (κ3) is 4.46. The first-order valence-electron chi connectivity index (χ1n) is 7.47. The molecule has 0 saturated carbocycles. The Bertz CT molecular complexity index is 614. The number of ether oxygens (including phenoxy) is 2. The minimum absolute atomic E-state index is 0.0830. The van der Waals surface area contributed by atoms with Gasteiger partial charge in [-0.25, -0.2) is 4.39 Å². The highest BCUT2D eigenvalue weighted by Gasteiger charge is 2.09. The zero-order valence-corrected chi connectivity index (χ0v) is 13.0. The molecule has 4 heteroatoms. The van der Waals surface area contributed by atoms with Gasteiger partial charge in [-0.05, 0) is 44.0 Å². The molecule has 22 heavy (non-hydrogen) atoms. The molecule has 0 spiro atoms. The van der Waals surface area contributed by atoms with Crippen molar-refractivity contribution in [3.05, 3.63) is 59.4 Å². The van der Waals surface area contributed by atoms with Crippen LogP contribution in [0.1, 0.15) is 25.0 Å². The minimum Gasteiger partial charge on any atom is -0.490 e. The molecule has 0 aliphatic heterocycles. The van der Waals surface area contributed by atoms with Crippen molar-refractivity contribution in [3.63, 3.8) is 0 Å². The van der Waals surface area contributed by atoms with Crippen LogP contribution in [-0.4, -0.2) is 12.6 Å². The van der Waals surface area contributed by atoms with E-state index in [0.717, 1.165) is 12.0 Å². The Morgan fingerprint density at radius 3 is 2.55 bits per heavy atom. The summed E-state index contributed by atoms with van der Waals surface area (Å²) in [6.07, 6.45) is 0.771. The summed E-state index contributed by atoms with van der Waals surface area (Å²) in [6.45, 7) is 4.58. The van der Waals surface area contributed by atoms with Crippen LogP contribution in [0.15, 0.2) is 42.5 Å². The Kier molecular flexibility index (Phi) is 5.78. The van der Waals surface area contributed by atoms with Gasteiger partial charge in [-0.1, -0.05) is 24.3 Å². The van der Waals surface area contributed by atoms with Crippen LogP contribution in [0.5, 0.6) is 11.5 Å². The van der Waals surface area contributed by atoms with Crippen molar-refractivity contribution in [1.82, 2.24) is 0 Å². The fourth-order valence-electron chi connectivity index (χ4n) is 2.21. The number of halogens is 1. The maximum Gasteiger partial charge on any atom is 0.161 e. The van der Waals surface area contributed by atoms with Crippen LogP contribution in [0.2, 0.25) is 0 Å². The van der Waals surface area contributed by atoms with Gasteiger partial charge >= 0.3 is 0 Å². The van der Waals surface area contributed by atoms with Crippen LogP contribution in [0.3, 0.4) is 0 Å². The predicted molar refractivity (Wildman–Crippen MR) is 85.7 cm³/mol. The number of benzene rings is 2. The highest BCUT2D eigenvalue weighted by atomic mass is 19.1. The summed E-state index contributed by atoms with van der Waals surface area (Å²) >= 11 is 0. The third-order valence-electron chi connectivity index (χ3n) is 3.21. The van der Waals surface area contributed by atoms with Gasteiger partial charge in [0, 0.05) is 11.6 Å². The van der Waals surface area contributed by atoms with Gasteiger partial charge in [0.05, 0.1) is 6.61 Å². The van der Waals surface area contributed by atoms with Gasteiger partial charge in [-0.3, -0.25) is 0 Å². The second-order valence-corrected chi connectivity index (χ2v) is 5.28. The molecule has 2 aromatic rings. The van der Waals surface area contributed by atoms with E-state index in [1.54, 1.807) is 18.2 Å². The number of hydrogen-bond donors (Lipinski definition) is 1. The number of rotatable bonds is 7. The van der Waals surface area contributed by atoms with Crippen LogP contribution in [0.25, 0.3) is 0 Å². The van der Waals surface area contributed by atoms with E-state index < -0.39 is 0 Å². The molecular weight excluding hydrogens is 281 g/mol. The van der Waals surface area contributed by atoms with Gasteiger partial charge in [-0.2, -0.15) is 0 Å². The molecule has 1 atom stereocenters. The molecule has 3 nitrogen and oxygen atoms in total. The average Bonchev–Trinajstić information content (AvgIpc) is 2.48. The smallest absolute Gasteiger partial charge is 0.161 e. The molecule has 0 fully saturated rings. The summed E-state index contributed by atoms with van der Waals surface area (Å²) in [4.78, 5) is 0. The van der Waals surface area contributed by atoms with E-state index in [0.29, 0.717) is 23.7 Å². The van der Waals surface area contributed by atoms with Crippen molar-refractivity contribution >= 4 is 0 Å². The molecule has 0 heterocycles. The molecule has 118 valence electrons. The fraction of sp³-hybridized carbons (Fsp3) is 0.333. The highest BCUT2D eigenvalue weighted by molar-refractivity contribution is 5.43. The van der Waals surface area contributed by atoms with Crippen LogP contribution in [-0.2, 0) is 13.0 Å². The fourth-order valence-corrected chi connectivity index (χ4v) is 2.21. The lowest BCUT2D eigenvalue weighted by atomic mass is 10.1. The molecular formula is C18H22FNO2. The lowest BCUT2D eigenvalue weighted by Crippen LogP contribution is -2.17. The van der Waals surface area contributed by atoms with E-state index in [2.05, 4.69) is 0 Å². The molecule has 0 bridgehead atoms. The predicted octanol–water partition coefficient (Wildman–Crippen LogP) is 3.69. The van der Waals surface area contributed by atoms with E-state index in [9.17, 15) is 4.39 Å². The van der Waals surface area contributed by atoms with Crippen LogP contribution >= 0.6 is 0 Å². The molecule has 0 aliphatic rings. The van der Waals surface area contributed by atoms with Gasteiger partial charge in [0.2, 0.25) is 0 Å². The largest absolute Gasteiger partial charge is 0.490 e. The Morgan fingerprint density at radius 1 is 1.09 bits per heavy atom. The maximum atomic E-state index is 13.6. The summed E-state index contributed by atoms with van der Waals surface area (Å²) < 4.78 is 25.0. The molecule has 2 aromatic carbocycles. The molecule has 0 aromatic heterocycles. The topological polar surface area (TPSA) is 44.5 Å². The molecule has 0 amide bonds. The number of hydrogen-bond acceptors (Lipinski definition) is 3. The van der Waals surface area contributed by atoms with Crippen LogP contribution < -0.4 is 15.2 Å². The van der Waals surface area contributed by atoms with Crippen molar-refractivity contribution in [1.29, 1.82) is 0 Å². The van der Waals surface area contributed by atoms with Gasteiger partial charge in [0.1, 0.15) is 12.4 Å². The third-order valence-corrected chi connectivity index (χ3v) is 3.21. The van der Waals surface area contributed by atoms with Crippen molar-refractivity contribution in [3.8, 4) is 11.5 Å². The molecule has 0 radical (unpaired) electrons. The Labute approximate surface area is 130 Å². The summed E-state index contributed by atoms with van der Waals surface area (Å²) in [6, 6.07) is 12.4. The standard InChI is InChI=1S/C18H22FNO2/c1-3-21-18-11-14(10-13(2)20)8-9-17(18)22-12-15-6-4-5-7-16(15)19/h4-9,11,13H,3,10,12,20H2,1-2H3. The van der Waals surface area contributed by atoms with E-state index in [1.807, 2.05) is 32.0 Å². The molecule has 2 rings (SSSR count). The first-order chi connectivity index (χ1) is 10.6. The average molecular weight is 303 g/mol. The zero-order valence-electron chi connectivity index (χ0n) is 13.0. The first kappa shape index (κ1) is 16.3. The van der Waals surface area contributed by atoms with E-state index >= 15 is 0 Å². The summed E-state index contributed by atoms with van der Waals surface area (Å²) in [5, 5.41) is 0. The summed E-state index contributed by atoms with van der Waals surface area (Å²) in [7, 11) is 0. The van der Waals surface area contributed by atoms with Gasteiger partial charge in [0.25, 0.3) is 0 Å². The van der Waals surface area contributed by atoms with E-state index in [4.69, 9.17) is 15.2 Å². The Balaban J connectivity index is 2.13. The number of nitrogens with two attached hydrogens (primary N) is 1. The van der Waals surface area contributed by atoms with Gasteiger partial charge in [-0.15, -0.1) is 0 Å². The summed E-state index contributed by atoms with van der Waals surface area (Å²) in [5.74, 6) is 1.00. The zero-order chi connectivity index (χ0) is 15.9. The highest BCUT2D eigenvalue weighted by Crippen LogP contribution is 2.30. The minimum atomic E-state index is -0.269. The summed E-state index contributed by atoms with van der Waals surface area (Å²) in [5.41, 5.74) is 7.44. The van der Waals surface area contributed by atoms with Gasteiger partial charge in [0.15, 0.2) is 11.5 Å². The van der Waals surface area contributed by atoms with Crippen molar-refractivity contribution in [2.75, 3.05) is 6.61 Å². The second-order valence-electron chi connectivity index (χ2n) is 5.28. The molecule has 0 saturated heterocycles. The Hall–Kier alpha value is -2.07. The lowest BCUT2D eigenvalue weighted by Gasteiger charge is -2.14. The second kappa shape index (κ2) is 7.80. The van der Waals surface area contributed by atoms with Gasteiger partial charge < -0.3 is 15.2 Å². The normalized spacial score (nSPS) is 12.0. The molecule has 2 N–H and O–H groups in total. The molecule has 0 aliphatic carbocycles. The quantitative estimate of drug-likeness (QED) is 0.848. The van der Waals surface area contributed by atoms with Crippen molar-refractivity contribution < 1.29 is 13.9 Å². The van der Waals surface area contributed by atoms with E-state index in [-0.39, 0.29) is 18.5 Å². The maximum absolute atomic E-state index is 13.6. The lowest BCUT2D eigenvalue weighted by molar-refractivity contribution is 0.265. The SMILES string of the molecule is CCOc1cc(CC(C)N)ccc1OCc1ccccc1F. The molecule has 1 unspecified atom stereocenters. The van der Waals surface area contributed by atoms with Crippen LogP contribution in [0.4, 0.5) is 4.39 Å². The van der Waals surface area contributed by atoms with Crippen molar-refractivity contribution in [2.45, 2.75) is 32.9 Å². The van der Waals surface area contributed by atoms with Crippen molar-refractivity contribution in [2.24, 2.45) is 5.73 Å². The van der Waals surface area contributed by atoms with Crippen LogP contribution in [0, 0.1) is 5.82 Å². The Morgan fingerprint density at radius 2 is 1.86 bits per heavy atom.